The number of piperazine rings is 1. The lowest BCUT2D eigenvalue weighted by atomic mass is 10.1. The third-order valence-corrected chi connectivity index (χ3v) is 2.48. The molecule has 1 heterocycles. The Balaban J connectivity index is 2.30. The summed E-state index contributed by atoms with van der Waals surface area (Å²) in [6.07, 6.45) is 1.21. The molecule has 2 nitrogen and oxygen atoms in total. The molecule has 1 saturated heterocycles. The first kappa shape index (κ1) is 10.2. The summed E-state index contributed by atoms with van der Waals surface area (Å²) < 4.78 is 1.08. The van der Waals surface area contributed by atoms with Crippen LogP contribution in [0.3, 0.4) is 0 Å². The van der Waals surface area contributed by atoms with Crippen molar-refractivity contribution in [1.82, 2.24) is 10.2 Å². The summed E-state index contributed by atoms with van der Waals surface area (Å²) in [6.45, 7) is 10.5. The molecule has 1 fully saturated rings. The van der Waals surface area contributed by atoms with Gasteiger partial charge in [0.15, 0.2) is 0 Å². The minimum absolute atomic E-state index is 0.672. The van der Waals surface area contributed by atoms with Crippen LogP contribution in [0.5, 0.6) is 0 Å². The Morgan fingerprint density at radius 2 is 2.50 bits per heavy atom. The van der Waals surface area contributed by atoms with Gasteiger partial charge in [-0.2, -0.15) is 0 Å². The van der Waals surface area contributed by atoms with Crippen LogP contribution in [0.2, 0.25) is 0 Å². The van der Waals surface area contributed by atoms with Gasteiger partial charge >= 0.3 is 0 Å². The zero-order valence-electron chi connectivity index (χ0n) is 7.65. The van der Waals surface area contributed by atoms with E-state index in [4.69, 9.17) is 0 Å². The second-order valence-electron chi connectivity index (χ2n) is 3.31. The third-order valence-electron chi connectivity index (χ3n) is 2.23. The maximum absolute atomic E-state index is 3.85. The molecular weight excluding hydrogens is 216 g/mol. The van der Waals surface area contributed by atoms with Gasteiger partial charge in [0.2, 0.25) is 0 Å². The Morgan fingerprint density at radius 3 is 3.08 bits per heavy atom. The van der Waals surface area contributed by atoms with E-state index in [2.05, 4.69) is 39.6 Å². The molecule has 1 aliphatic rings. The number of hydrogen-bond acceptors (Lipinski definition) is 2. The molecule has 0 amide bonds. The van der Waals surface area contributed by atoms with Crippen molar-refractivity contribution in [2.45, 2.75) is 19.4 Å². The topological polar surface area (TPSA) is 15.3 Å². The van der Waals surface area contributed by atoms with Crippen molar-refractivity contribution in [1.29, 1.82) is 0 Å². The van der Waals surface area contributed by atoms with E-state index in [1.165, 1.54) is 6.42 Å². The second kappa shape index (κ2) is 5.00. The summed E-state index contributed by atoms with van der Waals surface area (Å²) in [6, 6.07) is 0.672. The molecule has 1 rings (SSSR count). The molecule has 1 aliphatic heterocycles. The zero-order valence-corrected chi connectivity index (χ0v) is 9.23. The van der Waals surface area contributed by atoms with E-state index in [1.807, 2.05) is 0 Å². The van der Waals surface area contributed by atoms with Crippen LogP contribution in [0.4, 0.5) is 0 Å². The standard InChI is InChI=1S/C9H17BrN2/c1-3-9-7-12(5-4-11-9)6-8(2)10/h9,11H,2-7H2,1H3. The average molecular weight is 233 g/mol. The van der Waals surface area contributed by atoms with Gasteiger partial charge in [0, 0.05) is 36.7 Å². The van der Waals surface area contributed by atoms with Gasteiger partial charge < -0.3 is 5.32 Å². The summed E-state index contributed by atoms with van der Waals surface area (Å²) in [7, 11) is 0. The third kappa shape index (κ3) is 3.25. The number of hydrogen-bond donors (Lipinski definition) is 1. The largest absolute Gasteiger partial charge is 0.311 e. The first-order valence-electron chi connectivity index (χ1n) is 4.51. The van der Waals surface area contributed by atoms with E-state index in [1.54, 1.807) is 0 Å². The molecule has 0 bridgehead atoms. The lowest BCUT2D eigenvalue weighted by molar-refractivity contribution is 0.214. The molecular formula is C9H17BrN2. The fourth-order valence-corrected chi connectivity index (χ4v) is 1.91. The molecule has 0 aliphatic carbocycles. The minimum atomic E-state index is 0.672. The molecule has 12 heavy (non-hydrogen) atoms. The Labute approximate surface area is 83.1 Å². The van der Waals surface area contributed by atoms with Crippen molar-refractivity contribution < 1.29 is 0 Å². The molecule has 70 valence electrons. The van der Waals surface area contributed by atoms with Crippen LogP contribution in [0.1, 0.15) is 13.3 Å². The first-order valence-corrected chi connectivity index (χ1v) is 5.30. The van der Waals surface area contributed by atoms with E-state index in [0.29, 0.717) is 6.04 Å². The van der Waals surface area contributed by atoms with Crippen molar-refractivity contribution in [3.05, 3.63) is 11.1 Å². The minimum Gasteiger partial charge on any atom is -0.311 e. The van der Waals surface area contributed by atoms with E-state index in [0.717, 1.165) is 30.7 Å². The Kier molecular flexibility index (Phi) is 4.26. The van der Waals surface area contributed by atoms with Gasteiger partial charge in [-0.1, -0.05) is 29.4 Å². The molecule has 0 aromatic carbocycles. The number of nitrogens with one attached hydrogen (secondary N) is 1. The lowest BCUT2D eigenvalue weighted by Crippen LogP contribution is -2.50. The molecule has 0 radical (unpaired) electrons. The van der Waals surface area contributed by atoms with Crippen LogP contribution >= 0.6 is 15.9 Å². The average Bonchev–Trinajstić information content (AvgIpc) is 2.03. The first-order chi connectivity index (χ1) is 5.72. The van der Waals surface area contributed by atoms with Gasteiger partial charge in [-0.3, -0.25) is 4.90 Å². The SMILES string of the molecule is C=C(Br)CN1CCNC(CC)C1. The van der Waals surface area contributed by atoms with Gasteiger partial charge in [-0.05, 0) is 6.42 Å². The van der Waals surface area contributed by atoms with Crippen LogP contribution in [0.25, 0.3) is 0 Å². The molecule has 0 saturated carbocycles. The maximum atomic E-state index is 3.85. The highest BCUT2D eigenvalue weighted by molar-refractivity contribution is 9.11. The highest BCUT2D eigenvalue weighted by Crippen LogP contribution is 2.08. The van der Waals surface area contributed by atoms with Crippen molar-refractivity contribution in [2.75, 3.05) is 26.2 Å². The highest BCUT2D eigenvalue weighted by Gasteiger charge is 2.16. The summed E-state index contributed by atoms with van der Waals surface area (Å²) >= 11 is 3.40. The van der Waals surface area contributed by atoms with Crippen molar-refractivity contribution in [3.8, 4) is 0 Å². The van der Waals surface area contributed by atoms with Gasteiger partial charge in [-0.25, -0.2) is 0 Å². The number of nitrogens with zero attached hydrogens (tertiary/aromatic N) is 1. The molecule has 1 atom stereocenters. The smallest absolute Gasteiger partial charge is 0.0295 e. The molecule has 0 aromatic rings. The van der Waals surface area contributed by atoms with Crippen molar-refractivity contribution in [2.24, 2.45) is 0 Å². The van der Waals surface area contributed by atoms with Crippen LogP contribution in [0.15, 0.2) is 11.1 Å². The summed E-state index contributed by atoms with van der Waals surface area (Å²) in [5.41, 5.74) is 0. The van der Waals surface area contributed by atoms with Crippen molar-refractivity contribution in [3.63, 3.8) is 0 Å². The zero-order chi connectivity index (χ0) is 8.97. The van der Waals surface area contributed by atoms with Gasteiger partial charge in [0.1, 0.15) is 0 Å². The normalized spacial score (nSPS) is 25.7. The fourth-order valence-electron chi connectivity index (χ4n) is 1.55. The summed E-state index contributed by atoms with van der Waals surface area (Å²) in [4.78, 5) is 2.43. The second-order valence-corrected chi connectivity index (χ2v) is 4.43. The molecule has 0 aromatic heterocycles. The van der Waals surface area contributed by atoms with Crippen LogP contribution in [-0.4, -0.2) is 37.1 Å². The quantitative estimate of drug-likeness (QED) is 0.796. The lowest BCUT2D eigenvalue weighted by Gasteiger charge is -2.32. The van der Waals surface area contributed by atoms with Crippen LogP contribution in [0, 0.1) is 0 Å². The summed E-state index contributed by atoms with van der Waals surface area (Å²) in [5, 5.41) is 3.49. The van der Waals surface area contributed by atoms with Crippen molar-refractivity contribution >= 4 is 15.9 Å². The maximum Gasteiger partial charge on any atom is 0.0295 e. The van der Waals surface area contributed by atoms with Gasteiger partial charge in [0.05, 0.1) is 0 Å². The fraction of sp³-hybridized carbons (Fsp3) is 0.778. The van der Waals surface area contributed by atoms with E-state index in [9.17, 15) is 0 Å². The summed E-state index contributed by atoms with van der Waals surface area (Å²) in [5.74, 6) is 0. The monoisotopic (exact) mass is 232 g/mol. The Bertz CT molecular complexity index is 159. The molecule has 0 spiro atoms. The predicted molar refractivity (Wildman–Crippen MR) is 56.6 cm³/mol. The van der Waals surface area contributed by atoms with Gasteiger partial charge in [0.25, 0.3) is 0 Å². The Morgan fingerprint density at radius 1 is 1.75 bits per heavy atom. The number of halogens is 1. The number of rotatable bonds is 3. The highest BCUT2D eigenvalue weighted by atomic mass is 79.9. The van der Waals surface area contributed by atoms with Crippen LogP contribution in [-0.2, 0) is 0 Å². The van der Waals surface area contributed by atoms with Crippen LogP contribution < -0.4 is 5.32 Å². The Hall–Kier alpha value is 0.140. The molecule has 1 N–H and O–H groups in total. The van der Waals surface area contributed by atoms with Gasteiger partial charge in [-0.15, -0.1) is 0 Å². The van der Waals surface area contributed by atoms with E-state index in [-0.39, 0.29) is 0 Å². The molecule has 1 unspecified atom stereocenters. The molecule has 3 heteroatoms. The predicted octanol–water partition coefficient (Wildman–Crippen LogP) is 1.58. The van der Waals surface area contributed by atoms with E-state index < -0.39 is 0 Å². The van der Waals surface area contributed by atoms with E-state index >= 15 is 0 Å².